The highest BCUT2D eigenvalue weighted by atomic mass is 32.2. The minimum atomic E-state index is -1.27. The smallest absolute Gasteiger partial charge is 0.353 e. The lowest BCUT2D eigenvalue weighted by atomic mass is 10.0. The Balaban J connectivity index is 1.74. The number of carboxylic acid groups (broad SMARTS) is 1. The van der Waals surface area contributed by atoms with Gasteiger partial charge in [-0.25, -0.2) is 9.79 Å². The number of fused-ring (bicyclic) bond motifs is 1. The number of nitrogen functional groups attached to an aromatic ring is 1. The van der Waals surface area contributed by atoms with Crippen molar-refractivity contribution < 1.29 is 24.7 Å². The summed E-state index contributed by atoms with van der Waals surface area (Å²) in [5.74, 6) is -2.30. The second kappa shape index (κ2) is 9.36. The number of nitrogens with two attached hydrogens (primary N) is 2. The fraction of sp³-hybridized carbons (Fsp3) is 0.267. The number of nitrogens with zero attached hydrogens (tertiary/aromatic N) is 5. The Hall–Kier alpha value is -3.11. The lowest BCUT2D eigenvalue weighted by Gasteiger charge is -2.49. The Kier molecular flexibility index (Phi) is 6.81. The van der Waals surface area contributed by atoms with E-state index in [1.165, 1.54) is 18.0 Å². The molecule has 2 aliphatic rings. The summed E-state index contributed by atoms with van der Waals surface area (Å²) in [6, 6.07) is -1.01. The first kappa shape index (κ1) is 22.6. The maximum absolute atomic E-state index is 12.6. The van der Waals surface area contributed by atoms with Gasteiger partial charge in [-0.1, -0.05) is 16.9 Å². The van der Waals surface area contributed by atoms with Gasteiger partial charge in [0, 0.05) is 28.4 Å². The highest BCUT2D eigenvalue weighted by Gasteiger charge is 2.54. The fourth-order valence-corrected chi connectivity index (χ4v) is 5.36. The van der Waals surface area contributed by atoms with E-state index in [0.717, 1.165) is 28.2 Å². The Morgan fingerprint density at radius 3 is 2.77 bits per heavy atom. The largest absolute Gasteiger partial charge is 0.477 e. The van der Waals surface area contributed by atoms with Crippen LogP contribution in [0.2, 0.25) is 0 Å². The molecule has 2 aliphatic heterocycles. The molecule has 31 heavy (non-hydrogen) atoms. The third kappa shape index (κ3) is 4.64. The molecule has 1 saturated heterocycles. The number of carbonyl (C=O) groups excluding carboxylic acids is 2. The van der Waals surface area contributed by atoms with E-state index < -0.39 is 34.9 Å². The molecular formula is C15H16N8O5S3. The minimum absolute atomic E-state index is 0.0697. The number of oxime groups is 1. The highest BCUT2D eigenvalue weighted by molar-refractivity contribution is 8.08. The van der Waals surface area contributed by atoms with Crippen molar-refractivity contribution in [1.82, 2.24) is 19.6 Å². The van der Waals surface area contributed by atoms with Crippen LogP contribution < -0.4 is 16.8 Å². The molecule has 1 aromatic rings. The molecule has 0 saturated carbocycles. The average molecular weight is 485 g/mol. The molecule has 1 unspecified atom stereocenters. The second-order valence-corrected chi connectivity index (χ2v) is 8.91. The zero-order valence-electron chi connectivity index (χ0n) is 15.8. The van der Waals surface area contributed by atoms with Crippen LogP contribution in [0.1, 0.15) is 12.7 Å². The number of carboxylic acids is 1. The van der Waals surface area contributed by atoms with Gasteiger partial charge in [0.2, 0.25) is 11.5 Å². The van der Waals surface area contributed by atoms with Crippen molar-refractivity contribution in [3.05, 3.63) is 28.0 Å². The number of nitrogens with one attached hydrogen (secondary N) is 1. The maximum atomic E-state index is 12.6. The lowest BCUT2D eigenvalue weighted by Crippen LogP contribution is -2.71. The summed E-state index contributed by atoms with van der Waals surface area (Å²) in [5, 5.41) is 25.1. The van der Waals surface area contributed by atoms with Crippen molar-refractivity contribution in [2.45, 2.75) is 18.3 Å². The van der Waals surface area contributed by atoms with Gasteiger partial charge in [-0.2, -0.15) is 9.36 Å². The molecule has 3 heterocycles. The minimum Gasteiger partial charge on any atom is -0.477 e. The number of amides is 2. The van der Waals surface area contributed by atoms with E-state index in [2.05, 4.69) is 24.8 Å². The van der Waals surface area contributed by atoms with Crippen LogP contribution in [-0.4, -0.2) is 71.1 Å². The molecule has 1 aromatic heterocycles. The molecule has 0 aromatic carbocycles. The van der Waals surface area contributed by atoms with Gasteiger partial charge in [0.15, 0.2) is 5.13 Å². The molecule has 0 bridgehead atoms. The number of amidine groups is 1. The van der Waals surface area contributed by atoms with Crippen LogP contribution in [0.4, 0.5) is 5.13 Å². The SMILES string of the molecule is CC(N)=N/C=C\SC1=C(C(=O)O)N2C(=O)C(NC(=O)/C(=N\O)c3nsc(N)n3)[C@H]2SC1. The third-order valence-corrected chi connectivity index (χ3v) is 6.83. The summed E-state index contributed by atoms with van der Waals surface area (Å²) in [5.41, 5.74) is 10.2. The number of rotatable bonds is 7. The maximum Gasteiger partial charge on any atom is 0.353 e. The summed E-state index contributed by atoms with van der Waals surface area (Å²) < 4.78 is 3.79. The van der Waals surface area contributed by atoms with Crippen LogP contribution in [0.5, 0.6) is 0 Å². The first-order valence-electron chi connectivity index (χ1n) is 8.39. The van der Waals surface area contributed by atoms with Gasteiger partial charge in [-0.3, -0.25) is 14.5 Å². The predicted octanol–water partition coefficient (Wildman–Crippen LogP) is -0.424. The summed E-state index contributed by atoms with van der Waals surface area (Å²) in [4.78, 5) is 46.1. The number of carbonyl (C=O) groups is 3. The number of aromatic nitrogens is 2. The molecule has 16 heteroatoms. The summed E-state index contributed by atoms with van der Waals surface area (Å²) in [6.07, 6.45) is 1.43. The molecule has 0 radical (unpaired) electrons. The number of aliphatic imine (C=N–C) groups is 1. The number of hydrogen-bond acceptors (Lipinski definition) is 12. The molecular weight excluding hydrogens is 468 g/mol. The van der Waals surface area contributed by atoms with Crippen LogP contribution in [0.25, 0.3) is 0 Å². The van der Waals surface area contributed by atoms with Gasteiger partial charge < -0.3 is 27.1 Å². The van der Waals surface area contributed by atoms with Crippen molar-refractivity contribution in [3.8, 4) is 0 Å². The molecule has 13 nitrogen and oxygen atoms in total. The molecule has 3 rings (SSSR count). The zero-order valence-corrected chi connectivity index (χ0v) is 18.2. The standard InChI is InChI=1S/C15H16N8O5S3/c1-5(16)18-2-3-29-6-4-30-13-8(12(25)23(13)9(6)14(26)27)19-11(24)7(21-28)10-20-15(17)31-22-10/h2-3,8,13,28H,4H2,1H3,(H2,16,18)(H,19,24)(H,26,27)(H2,17,20,22)/b3-2-,21-7-/t8?,13-/m1/s1. The van der Waals surface area contributed by atoms with Crippen molar-refractivity contribution >= 4 is 69.5 Å². The van der Waals surface area contributed by atoms with E-state index in [1.807, 2.05) is 0 Å². The van der Waals surface area contributed by atoms with E-state index in [9.17, 15) is 19.5 Å². The third-order valence-electron chi connectivity index (χ3n) is 3.94. The number of thioether (sulfide) groups is 2. The lowest BCUT2D eigenvalue weighted by molar-refractivity contribution is -0.150. The normalized spacial score (nSPS) is 21.8. The van der Waals surface area contributed by atoms with Crippen LogP contribution in [0.15, 0.2) is 32.4 Å². The van der Waals surface area contributed by atoms with E-state index in [1.54, 1.807) is 12.3 Å². The monoisotopic (exact) mass is 484 g/mol. The van der Waals surface area contributed by atoms with Gasteiger partial charge in [-0.15, -0.1) is 11.8 Å². The fourth-order valence-electron chi connectivity index (χ4n) is 2.67. The second-order valence-electron chi connectivity index (χ2n) is 6.02. The number of anilines is 1. The molecule has 0 spiro atoms. The summed E-state index contributed by atoms with van der Waals surface area (Å²) in [6.45, 7) is 1.61. The first-order chi connectivity index (χ1) is 14.7. The topological polar surface area (TPSA) is 209 Å². The Morgan fingerprint density at radius 1 is 1.45 bits per heavy atom. The van der Waals surface area contributed by atoms with Gasteiger partial charge in [0.25, 0.3) is 11.8 Å². The Bertz CT molecular complexity index is 1050. The Morgan fingerprint density at radius 2 is 2.19 bits per heavy atom. The van der Waals surface area contributed by atoms with Crippen molar-refractivity contribution in [1.29, 1.82) is 0 Å². The Labute approximate surface area is 187 Å². The molecule has 0 aliphatic carbocycles. The van der Waals surface area contributed by atoms with Crippen LogP contribution in [-0.2, 0) is 14.4 Å². The van der Waals surface area contributed by atoms with E-state index in [0.29, 0.717) is 16.5 Å². The van der Waals surface area contributed by atoms with Crippen LogP contribution >= 0.6 is 35.1 Å². The van der Waals surface area contributed by atoms with Gasteiger partial charge in [0.05, 0.1) is 5.84 Å². The molecule has 1 fully saturated rings. The molecule has 2 amide bonds. The van der Waals surface area contributed by atoms with E-state index >= 15 is 0 Å². The van der Waals surface area contributed by atoms with Crippen LogP contribution in [0, 0.1) is 0 Å². The van der Waals surface area contributed by atoms with Crippen molar-refractivity contribution in [2.75, 3.05) is 11.5 Å². The van der Waals surface area contributed by atoms with Crippen LogP contribution in [0.3, 0.4) is 0 Å². The average Bonchev–Trinajstić information content (AvgIpc) is 3.14. The molecule has 164 valence electrons. The first-order valence-corrected chi connectivity index (χ1v) is 11.1. The highest BCUT2D eigenvalue weighted by Crippen LogP contribution is 2.43. The van der Waals surface area contributed by atoms with Gasteiger partial charge >= 0.3 is 5.97 Å². The molecule has 2 atom stereocenters. The van der Waals surface area contributed by atoms with E-state index in [-0.39, 0.29) is 16.7 Å². The number of hydrogen-bond donors (Lipinski definition) is 5. The predicted molar refractivity (Wildman–Crippen MR) is 116 cm³/mol. The zero-order chi connectivity index (χ0) is 22.7. The quantitative estimate of drug-likeness (QED) is 0.110. The summed E-state index contributed by atoms with van der Waals surface area (Å²) >= 11 is 3.20. The van der Waals surface area contributed by atoms with Crippen molar-refractivity contribution in [2.24, 2.45) is 15.9 Å². The van der Waals surface area contributed by atoms with Gasteiger partial charge in [-0.05, 0) is 12.3 Å². The summed E-state index contributed by atoms with van der Waals surface area (Å²) in [7, 11) is 0. The van der Waals surface area contributed by atoms with E-state index in [4.69, 9.17) is 16.7 Å². The number of aliphatic carboxylic acids is 1. The van der Waals surface area contributed by atoms with Crippen molar-refractivity contribution in [3.63, 3.8) is 0 Å². The van der Waals surface area contributed by atoms with Gasteiger partial charge in [0.1, 0.15) is 17.1 Å². The molecule has 7 N–H and O–H groups in total. The number of β-lactam (4-membered cyclic amide) rings is 1.